The van der Waals surface area contributed by atoms with Crippen LogP contribution in [0.5, 0.6) is 0 Å². The molecule has 0 spiro atoms. The maximum atomic E-state index is 9.57. The molecular formula is C16H15N5OS2. The van der Waals surface area contributed by atoms with Crippen molar-refractivity contribution in [3.8, 4) is 22.0 Å². The van der Waals surface area contributed by atoms with E-state index in [1.807, 2.05) is 36.2 Å². The first-order valence-electron chi connectivity index (χ1n) is 7.31. The summed E-state index contributed by atoms with van der Waals surface area (Å²) in [4.78, 5) is 15.0. The van der Waals surface area contributed by atoms with Gasteiger partial charge in [-0.25, -0.2) is 15.0 Å². The normalized spacial score (nSPS) is 11.5. The van der Waals surface area contributed by atoms with E-state index in [1.165, 1.54) is 11.3 Å². The Morgan fingerprint density at radius 2 is 2.17 bits per heavy atom. The molecule has 0 radical (unpaired) electrons. The van der Waals surface area contributed by atoms with Crippen molar-refractivity contribution >= 4 is 38.6 Å². The van der Waals surface area contributed by atoms with E-state index < -0.39 is 0 Å². The molecule has 4 heterocycles. The number of pyridine rings is 1. The lowest BCUT2D eigenvalue weighted by Gasteiger charge is -2.08. The zero-order valence-corrected chi connectivity index (χ0v) is 14.8. The molecule has 0 saturated carbocycles. The zero-order valence-electron chi connectivity index (χ0n) is 13.1. The number of aromatic nitrogens is 4. The molecule has 8 heteroatoms. The van der Waals surface area contributed by atoms with Crippen molar-refractivity contribution in [1.29, 1.82) is 0 Å². The molecule has 0 aromatic carbocycles. The molecule has 24 heavy (non-hydrogen) atoms. The number of rotatable bonds is 3. The minimum atomic E-state index is -0.0939. The van der Waals surface area contributed by atoms with Crippen LogP contribution in [0.2, 0.25) is 0 Å². The average Bonchev–Trinajstić information content (AvgIpc) is 3.29. The molecule has 0 amide bonds. The molecule has 0 aliphatic rings. The number of imidazole rings is 1. The molecule has 0 aliphatic carbocycles. The number of thiophene rings is 1. The second kappa shape index (κ2) is 5.66. The van der Waals surface area contributed by atoms with Crippen molar-refractivity contribution in [2.45, 2.75) is 13.5 Å². The van der Waals surface area contributed by atoms with Crippen molar-refractivity contribution in [3.05, 3.63) is 34.5 Å². The Morgan fingerprint density at radius 1 is 1.33 bits per heavy atom. The number of aliphatic hydroxyl groups excluding tert-OH is 1. The van der Waals surface area contributed by atoms with E-state index in [1.54, 1.807) is 17.5 Å². The quantitative estimate of drug-likeness (QED) is 0.588. The average molecular weight is 357 g/mol. The second-order valence-corrected chi connectivity index (χ2v) is 7.40. The van der Waals surface area contributed by atoms with Gasteiger partial charge in [0.05, 0.1) is 29.1 Å². The summed E-state index contributed by atoms with van der Waals surface area (Å²) in [6, 6.07) is 2.00. The first-order valence-corrected chi connectivity index (χ1v) is 9.01. The molecule has 3 N–H and O–H groups in total. The van der Waals surface area contributed by atoms with Crippen LogP contribution >= 0.6 is 22.7 Å². The summed E-state index contributed by atoms with van der Waals surface area (Å²) in [5.74, 6) is 0.918. The molecule has 4 rings (SSSR count). The number of aryl methyl sites for hydroxylation is 1. The van der Waals surface area contributed by atoms with Gasteiger partial charge in [0.15, 0.2) is 0 Å². The molecule has 0 saturated heterocycles. The Hall–Kier alpha value is -2.29. The van der Waals surface area contributed by atoms with Gasteiger partial charge in [0.2, 0.25) is 0 Å². The summed E-state index contributed by atoms with van der Waals surface area (Å²) in [6.07, 6.45) is 3.60. The Kier molecular flexibility index (Phi) is 3.60. The Labute approximate surface area is 146 Å². The monoisotopic (exact) mass is 357 g/mol. The summed E-state index contributed by atoms with van der Waals surface area (Å²) in [5, 5.41) is 13.2. The summed E-state index contributed by atoms with van der Waals surface area (Å²) < 4.78 is 2.02. The van der Waals surface area contributed by atoms with Crippen LogP contribution in [-0.4, -0.2) is 24.6 Å². The highest BCUT2D eigenvalue weighted by Crippen LogP contribution is 2.41. The predicted molar refractivity (Wildman–Crippen MR) is 98.0 cm³/mol. The number of anilines is 1. The molecule has 4 aromatic heterocycles. The summed E-state index contributed by atoms with van der Waals surface area (Å²) >= 11 is 2.96. The second-order valence-electron chi connectivity index (χ2n) is 5.42. The molecule has 0 unspecified atom stereocenters. The van der Waals surface area contributed by atoms with Gasteiger partial charge >= 0.3 is 0 Å². The van der Waals surface area contributed by atoms with Crippen molar-refractivity contribution in [2.24, 2.45) is 7.05 Å². The topological polar surface area (TPSA) is 89.8 Å². The molecule has 6 nitrogen and oxygen atoms in total. The maximum Gasteiger partial charge on any atom is 0.141 e. The number of hydrogen-bond acceptors (Lipinski definition) is 7. The molecule has 0 aliphatic heterocycles. The third-order valence-corrected chi connectivity index (χ3v) is 5.95. The van der Waals surface area contributed by atoms with Gasteiger partial charge in [-0.05, 0) is 13.0 Å². The van der Waals surface area contributed by atoms with Gasteiger partial charge < -0.3 is 15.4 Å². The first kappa shape index (κ1) is 15.3. The fraction of sp³-hybridized carbons (Fsp3) is 0.188. The standard InChI is InChI=1S/C16H15N5OS2/c1-8-19-6-11(21(8)2)9-5-10(15-18-3-4-23-15)20-16-13(9)14(17)12(7-22)24-16/h3-6,22H,7,17H2,1-2H3. The fourth-order valence-corrected chi connectivity index (χ4v) is 4.27. The minimum absolute atomic E-state index is 0.0939. The number of aliphatic hydroxyl groups is 1. The van der Waals surface area contributed by atoms with Gasteiger partial charge in [0.25, 0.3) is 0 Å². The van der Waals surface area contributed by atoms with Crippen LogP contribution in [0.3, 0.4) is 0 Å². The number of hydrogen-bond donors (Lipinski definition) is 2. The minimum Gasteiger partial charge on any atom is -0.397 e. The van der Waals surface area contributed by atoms with Crippen LogP contribution in [0.4, 0.5) is 5.69 Å². The van der Waals surface area contributed by atoms with E-state index in [0.717, 1.165) is 42.9 Å². The molecule has 4 aromatic rings. The molecule has 0 fully saturated rings. The van der Waals surface area contributed by atoms with E-state index in [2.05, 4.69) is 9.97 Å². The fourth-order valence-electron chi connectivity index (χ4n) is 2.70. The lowest BCUT2D eigenvalue weighted by atomic mass is 10.1. The van der Waals surface area contributed by atoms with Crippen LogP contribution in [0.1, 0.15) is 10.7 Å². The van der Waals surface area contributed by atoms with Crippen molar-refractivity contribution < 1.29 is 5.11 Å². The maximum absolute atomic E-state index is 9.57. The van der Waals surface area contributed by atoms with Gasteiger partial charge in [-0.3, -0.25) is 0 Å². The van der Waals surface area contributed by atoms with Crippen LogP contribution in [0, 0.1) is 6.92 Å². The smallest absolute Gasteiger partial charge is 0.141 e. The molecule has 122 valence electrons. The van der Waals surface area contributed by atoms with E-state index >= 15 is 0 Å². The number of fused-ring (bicyclic) bond motifs is 1. The van der Waals surface area contributed by atoms with E-state index in [-0.39, 0.29) is 6.61 Å². The van der Waals surface area contributed by atoms with Crippen LogP contribution in [0.15, 0.2) is 23.8 Å². The highest BCUT2D eigenvalue weighted by atomic mass is 32.1. The van der Waals surface area contributed by atoms with Crippen LogP contribution in [0.25, 0.3) is 32.2 Å². The van der Waals surface area contributed by atoms with Crippen molar-refractivity contribution in [2.75, 3.05) is 5.73 Å². The predicted octanol–water partition coefficient (Wildman–Crippen LogP) is 3.20. The Balaban J connectivity index is 2.08. The highest BCUT2D eigenvalue weighted by molar-refractivity contribution is 7.19. The number of thiazole rings is 1. The zero-order chi connectivity index (χ0) is 16.8. The SMILES string of the molecule is Cc1ncc(-c2cc(-c3nccs3)nc3sc(CO)c(N)c23)n1C. The van der Waals surface area contributed by atoms with Gasteiger partial charge in [-0.1, -0.05) is 0 Å². The number of nitrogen functional groups attached to an aromatic ring is 1. The van der Waals surface area contributed by atoms with Gasteiger partial charge in [-0.2, -0.15) is 0 Å². The Bertz CT molecular complexity index is 1030. The Morgan fingerprint density at radius 3 is 2.79 bits per heavy atom. The number of nitrogens with zero attached hydrogens (tertiary/aromatic N) is 4. The third-order valence-electron chi connectivity index (χ3n) is 4.07. The van der Waals surface area contributed by atoms with Crippen LogP contribution in [-0.2, 0) is 13.7 Å². The highest BCUT2D eigenvalue weighted by Gasteiger charge is 2.20. The summed E-state index contributed by atoms with van der Waals surface area (Å²) in [6.45, 7) is 1.86. The van der Waals surface area contributed by atoms with E-state index in [4.69, 9.17) is 10.7 Å². The first-order chi connectivity index (χ1) is 11.6. The lowest BCUT2D eigenvalue weighted by molar-refractivity contribution is 0.286. The summed E-state index contributed by atoms with van der Waals surface area (Å²) in [7, 11) is 1.97. The molecule has 0 atom stereocenters. The largest absolute Gasteiger partial charge is 0.397 e. The van der Waals surface area contributed by atoms with Gasteiger partial charge in [-0.15, -0.1) is 22.7 Å². The van der Waals surface area contributed by atoms with Gasteiger partial charge in [0, 0.05) is 29.6 Å². The van der Waals surface area contributed by atoms with E-state index in [0.29, 0.717) is 5.69 Å². The lowest BCUT2D eigenvalue weighted by Crippen LogP contribution is -1.97. The van der Waals surface area contributed by atoms with E-state index in [9.17, 15) is 5.11 Å². The number of nitrogens with two attached hydrogens (primary N) is 1. The van der Waals surface area contributed by atoms with Crippen LogP contribution < -0.4 is 5.73 Å². The van der Waals surface area contributed by atoms with Crippen molar-refractivity contribution in [1.82, 2.24) is 19.5 Å². The third kappa shape index (κ3) is 2.22. The van der Waals surface area contributed by atoms with Crippen molar-refractivity contribution in [3.63, 3.8) is 0 Å². The van der Waals surface area contributed by atoms with Gasteiger partial charge in [0.1, 0.15) is 21.4 Å². The molecule has 0 bridgehead atoms. The molecular weight excluding hydrogens is 342 g/mol. The summed E-state index contributed by atoms with van der Waals surface area (Å²) in [5.41, 5.74) is 9.60.